The lowest BCUT2D eigenvalue weighted by molar-refractivity contribution is -0.153. The first-order chi connectivity index (χ1) is 13.0. The van der Waals surface area contributed by atoms with E-state index in [1.54, 1.807) is 0 Å². The summed E-state index contributed by atoms with van der Waals surface area (Å²) in [5.74, 6) is -0.270. The average Bonchev–Trinajstić information content (AvgIpc) is 2.57. The number of hydrogen-bond donors (Lipinski definition) is 4. The smallest absolute Gasteiger partial charge is 0.320 e. The Morgan fingerprint density at radius 3 is 1.89 bits per heavy atom. The highest BCUT2D eigenvalue weighted by Crippen LogP contribution is 2.22. The van der Waals surface area contributed by atoms with Crippen LogP contribution in [0.2, 0.25) is 0 Å². The molecule has 0 unspecified atom stereocenters. The minimum Gasteiger partial charge on any atom is -0.459 e. The molecular formula is C20H28Br2N4O2. The van der Waals surface area contributed by atoms with Gasteiger partial charge < -0.3 is 27.3 Å². The van der Waals surface area contributed by atoms with Gasteiger partial charge in [-0.3, -0.25) is 4.79 Å². The van der Waals surface area contributed by atoms with Gasteiger partial charge in [-0.2, -0.15) is 0 Å². The standard InChI is InChI=1S/C13H19BrN2O2.C7H9BrN2/c1-13(2,3)18-12(17)8-16-7-9-10(14)5-4-6-11(9)15;8-6-2-1-3-7(10)5(6)4-9/h4-6,16H,7-8,15H2,1-3H3;1-3H,4,9-10H2. The van der Waals surface area contributed by atoms with E-state index in [4.69, 9.17) is 21.9 Å². The van der Waals surface area contributed by atoms with Crippen LogP contribution in [-0.4, -0.2) is 18.1 Å². The van der Waals surface area contributed by atoms with Crippen molar-refractivity contribution in [1.29, 1.82) is 0 Å². The molecule has 0 radical (unpaired) electrons. The van der Waals surface area contributed by atoms with Crippen LogP contribution in [-0.2, 0) is 22.6 Å². The summed E-state index contributed by atoms with van der Waals surface area (Å²) in [5, 5.41) is 3.02. The molecule has 0 aliphatic carbocycles. The molecule has 0 bridgehead atoms. The van der Waals surface area contributed by atoms with Crippen molar-refractivity contribution in [2.75, 3.05) is 18.0 Å². The highest BCUT2D eigenvalue weighted by molar-refractivity contribution is 9.10. The van der Waals surface area contributed by atoms with E-state index in [1.165, 1.54) is 0 Å². The van der Waals surface area contributed by atoms with Gasteiger partial charge in [0, 0.05) is 44.5 Å². The number of nitrogen functional groups attached to an aromatic ring is 2. The molecule has 0 spiro atoms. The number of carbonyl (C=O) groups is 1. The maximum absolute atomic E-state index is 11.5. The highest BCUT2D eigenvalue weighted by Gasteiger charge is 2.15. The van der Waals surface area contributed by atoms with Crippen molar-refractivity contribution in [1.82, 2.24) is 5.32 Å². The minimum atomic E-state index is -0.453. The van der Waals surface area contributed by atoms with Crippen LogP contribution >= 0.6 is 31.9 Å². The van der Waals surface area contributed by atoms with E-state index in [-0.39, 0.29) is 12.5 Å². The summed E-state index contributed by atoms with van der Waals surface area (Å²) in [5.41, 5.74) is 19.8. The molecule has 7 N–H and O–H groups in total. The van der Waals surface area contributed by atoms with Crippen LogP contribution in [0.4, 0.5) is 11.4 Å². The van der Waals surface area contributed by atoms with Gasteiger partial charge in [0.25, 0.3) is 0 Å². The maximum Gasteiger partial charge on any atom is 0.320 e. The molecule has 6 nitrogen and oxygen atoms in total. The van der Waals surface area contributed by atoms with Crippen molar-refractivity contribution in [2.45, 2.75) is 39.5 Å². The van der Waals surface area contributed by atoms with Gasteiger partial charge in [-0.05, 0) is 45.0 Å². The number of halogens is 2. The Bertz CT molecular complexity index is 752. The third kappa shape index (κ3) is 8.60. The van der Waals surface area contributed by atoms with Gasteiger partial charge >= 0.3 is 5.97 Å². The predicted molar refractivity (Wildman–Crippen MR) is 123 cm³/mol. The molecule has 2 rings (SSSR count). The summed E-state index contributed by atoms with van der Waals surface area (Å²) < 4.78 is 7.10. The van der Waals surface area contributed by atoms with Crippen molar-refractivity contribution < 1.29 is 9.53 Å². The second-order valence-electron chi connectivity index (χ2n) is 7.01. The Morgan fingerprint density at radius 1 is 1.00 bits per heavy atom. The third-order valence-corrected chi connectivity index (χ3v) is 4.99. The molecule has 0 amide bonds. The Balaban J connectivity index is 0.000000330. The number of ether oxygens (including phenoxy) is 1. The molecule has 0 atom stereocenters. The lowest BCUT2D eigenvalue weighted by atomic mass is 10.2. The molecule has 0 aliphatic heterocycles. The van der Waals surface area contributed by atoms with Gasteiger partial charge in [0.1, 0.15) is 5.60 Å². The molecule has 154 valence electrons. The molecule has 0 fully saturated rings. The molecule has 8 heteroatoms. The lowest BCUT2D eigenvalue weighted by Gasteiger charge is -2.19. The van der Waals surface area contributed by atoms with Gasteiger partial charge in [-0.1, -0.05) is 44.0 Å². The molecule has 0 aromatic heterocycles. The number of esters is 1. The summed E-state index contributed by atoms with van der Waals surface area (Å²) in [7, 11) is 0. The summed E-state index contributed by atoms with van der Waals surface area (Å²) in [6, 6.07) is 11.3. The number of benzene rings is 2. The summed E-state index contributed by atoms with van der Waals surface area (Å²) in [4.78, 5) is 11.5. The Hall–Kier alpha value is -1.61. The van der Waals surface area contributed by atoms with Crippen molar-refractivity contribution in [2.24, 2.45) is 5.73 Å². The highest BCUT2D eigenvalue weighted by atomic mass is 79.9. The minimum absolute atomic E-state index is 0.165. The molecule has 2 aromatic carbocycles. The monoisotopic (exact) mass is 514 g/mol. The van der Waals surface area contributed by atoms with E-state index in [0.29, 0.717) is 18.8 Å². The number of nitrogens with one attached hydrogen (secondary N) is 1. The van der Waals surface area contributed by atoms with Crippen LogP contribution in [0.3, 0.4) is 0 Å². The quantitative estimate of drug-likeness (QED) is 0.354. The summed E-state index contributed by atoms with van der Waals surface area (Å²) >= 11 is 6.77. The fourth-order valence-corrected chi connectivity index (χ4v) is 3.28. The van der Waals surface area contributed by atoms with Crippen molar-refractivity contribution >= 4 is 49.2 Å². The lowest BCUT2D eigenvalue weighted by Crippen LogP contribution is -2.31. The van der Waals surface area contributed by atoms with Crippen LogP contribution in [0.5, 0.6) is 0 Å². The van der Waals surface area contributed by atoms with Crippen molar-refractivity contribution in [3.05, 3.63) is 56.5 Å². The van der Waals surface area contributed by atoms with Gasteiger partial charge in [0.15, 0.2) is 0 Å². The summed E-state index contributed by atoms with van der Waals surface area (Å²) in [6.45, 7) is 6.70. The second kappa shape index (κ2) is 11.4. The summed E-state index contributed by atoms with van der Waals surface area (Å²) in [6.07, 6.45) is 0. The zero-order valence-corrected chi connectivity index (χ0v) is 19.6. The number of rotatable bonds is 5. The van der Waals surface area contributed by atoms with Gasteiger partial charge in [0.05, 0.1) is 6.54 Å². The fourth-order valence-electron chi connectivity index (χ4n) is 2.22. The second-order valence-corrected chi connectivity index (χ2v) is 8.72. The molecular weight excluding hydrogens is 488 g/mol. The average molecular weight is 516 g/mol. The van der Waals surface area contributed by atoms with E-state index in [0.717, 1.165) is 25.8 Å². The Kier molecular flexibility index (Phi) is 9.95. The Morgan fingerprint density at radius 2 is 1.50 bits per heavy atom. The molecule has 0 aliphatic rings. The SMILES string of the molecule is CC(C)(C)OC(=O)CNCc1c(N)cccc1Br.NCc1c(N)cccc1Br. The van der Waals surface area contributed by atoms with E-state index in [9.17, 15) is 4.79 Å². The predicted octanol–water partition coefficient (Wildman–Crippen LogP) is 3.95. The third-order valence-electron chi connectivity index (χ3n) is 3.51. The molecule has 0 saturated carbocycles. The fraction of sp³-hybridized carbons (Fsp3) is 0.350. The first-order valence-electron chi connectivity index (χ1n) is 8.73. The van der Waals surface area contributed by atoms with Crippen LogP contribution in [0.15, 0.2) is 45.3 Å². The largest absolute Gasteiger partial charge is 0.459 e. The van der Waals surface area contributed by atoms with E-state index < -0.39 is 5.60 Å². The number of carbonyl (C=O) groups excluding carboxylic acids is 1. The van der Waals surface area contributed by atoms with Gasteiger partial charge in [-0.25, -0.2) is 0 Å². The van der Waals surface area contributed by atoms with Crippen LogP contribution in [0.25, 0.3) is 0 Å². The Labute approximate surface area is 183 Å². The van der Waals surface area contributed by atoms with Crippen LogP contribution in [0.1, 0.15) is 31.9 Å². The number of anilines is 2. The topological polar surface area (TPSA) is 116 Å². The molecule has 2 aromatic rings. The molecule has 28 heavy (non-hydrogen) atoms. The van der Waals surface area contributed by atoms with Gasteiger partial charge in [0.2, 0.25) is 0 Å². The van der Waals surface area contributed by atoms with E-state index in [2.05, 4.69) is 37.2 Å². The number of nitrogens with two attached hydrogens (primary N) is 3. The first-order valence-corrected chi connectivity index (χ1v) is 10.3. The maximum atomic E-state index is 11.5. The van der Waals surface area contributed by atoms with E-state index >= 15 is 0 Å². The van der Waals surface area contributed by atoms with E-state index in [1.807, 2.05) is 57.2 Å². The van der Waals surface area contributed by atoms with Crippen molar-refractivity contribution in [3.63, 3.8) is 0 Å². The van der Waals surface area contributed by atoms with Crippen LogP contribution < -0.4 is 22.5 Å². The zero-order chi connectivity index (χ0) is 21.3. The van der Waals surface area contributed by atoms with Crippen LogP contribution in [0, 0.1) is 0 Å². The normalized spacial score (nSPS) is 10.8. The number of hydrogen-bond acceptors (Lipinski definition) is 6. The zero-order valence-electron chi connectivity index (χ0n) is 16.4. The first kappa shape index (κ1) is 24.4. The molecule has 0 saturated heterocycles. The molecule has 0 heterocycles. The van der Waals surface area contributed by atoms with Crippen molar-refractivity contribution in [3.8, 4) is 0 Å². The van der Waals surface area contributed by atoms with Gasteiger partial charge in [-0.15, -0.1) is 0 Å².